The maximum atomic E-state index is 12.5. The largest absolute Gasteiger partial charge is 1.00 e. The number of nitrogens with zero attached hydrogens (tertiary/aromatic N) is 2. The minimum Gasteiger partial charge on any atom is -0.543 e. The Morgan fingerprint density at radius 3 is 2.73 bits per heavy atom. The first kappa shape index (κ1) is 21.9. The van der Waals surface area contributed by atoms with Gasteiger partial charge in [-0.15, -0.1) is 0 Å². The fourth-order valence-electron chi connectivity index (χ4n) is 4.99. The average molecular weight is 432 g/mol. The summed E-state index contributed by atoms with van der Waals surface area (Å²) in [4.78, 5) is 26.9. The number of carbonyl (C=O) groups excluding carboxylic acids is 2. The van der Waals surface area contributed by atoms with Crippen LogP contribution in [-0.2, 0) is 16.1 Å². The molecule has 150 valence electrons. The van der Waals surface area contributed by atoms with E-state index in [0.29, 0.717) is 18.7 Å². The molecule has 0 aliphatic carbocycles. The van der Waals surface area contributed by atoms with Gasteiger partial charge in [-0.05, 0) is 40.8 Å². The van der Waals surface area contributed by atoms with Gasteiger partial charge in [-0.1, -0.05) is 43.3 Å². The van der Waals surface area contributed by atoms with Crippen LogP contribution in [0.3, 0.4) is 0 Å². The summed E-state index contributed by atoms with van der Waals surface area (Å²) in [5.74, 6) is -2.33. The number of carbonyl (C=O) groups is 2. The summed E-state index contributed by atoms with van der Waals surface area (Å²) in [7, 11) is 0. The molecule has 3 aliphatic heterocycles. The summed E-state index contributed by atoms with van der Waals surface area (Å²) in [6.07, 6.45) is -0.801. The van der Waals surface area contributed by atoms with Gasteiger partial charge in [0.25, 0.3) is 0 Å². The van der Waals surface area contributed by atoms with Crippen molar-refractivity contribution in [3.8, 4) is 0 Å². The molecule has 1 saturated heterocycles. The Kier molecular flexibility index (Phi) is 5.81. The molecular formula is C22H21N2NaO4S. The fourth-order valence-corrected chi connectivity index (χ4v) is 6.19. The zero-order valence-corrected chi connectivity index (χ0v) is 20.0. The van der Waals surface area contributed by atoms with E-state index in [-0.39, 0.29) is 53.1 Å². The van der Waals surface area contributed by atoms with Gasteiger partial charge in [-0.2, -0.15) is 0 Å². The number of hydrogen-bond donors (Lipinski definition) is 1. The van der Waals surface area contributed by atoms with Crippen LogP contribution in [0, 0.1) is 11.8 Å². The first-order valence-electron chi connectivity index (χ1n) is 9.77. The second-order valence-electron chi connectivity index (χ2n) is 8.08. The second kappa shape index (κ2) is 7.97. The van der Waals surface area contributed by atoms with E-state index in [4.69, 9.17) is 0 Å². The molecule has 1 N–H and O–H groups in total. The number of aliphatic hydroxyl groups is 1. The van der Waals surface area contributed by atoms with E-state index < -0.39 is 18.0 Å². The van der Waals surface area contributed by atoms with Gasteiger partial charge < -0.3 is 19.9 Å². The number of rotatable bonds is 4. The number of aliphatic carboxylic acids is 1. The summed E-state index contributed by atoms with van der Waals surface area (Å²) >= 11 is 1.63. The molecule has 0 spiro atoms. The van der Waals surface area contributed by atoms with Crippen LogP contribution in [-0.4, -0.2) is 44.9 Å². The summed E-state index contributed by atoms with van der Waals surface area (Å²) < 4.78 is 2.14. The quantitative estimate of drug-likeness (QED) is 0.361. The maximum Gasteiger partial charge on any atom is 1.00 e. The normalized spacial score (nSPS) is 26.3. The maximum absolute atomic E-state index is 12.5. The molecule has 8 heteroatoms. The second-order valence-corrected chi connectivity index (χ2v) is 9.19. The number of β-lactam (4-membered cyclic amide) rings is 1. The van der Waals surface area contributed by atoms with Crippen LogP contribution in [0.1, 0.15) is 19.4 Å². The molecule has 0 bridgehead atoms. The third-order valence-corrected chi connectivity index (χ3v) is 7.56. The molecular weight excluding hydrogens is 411 g/mol. The summed E-state index contributed by atoms with van der Waals surface area (Å²) in [5.41, 5.74) is 1.91. The van der Waals surface area contributed by atoms with E-state index in [1.165, 1.54) is 26.1 Å². The summed E-state index contributed by atoms with van der Waals surface area (Å²) in [6.45, 7) is 4.67. The van der Waals surface area contributed by atoms with Crippen LogP contribution in [0.5, 0.6) is 0 Å². The average Bonchev–Trinajstić information content (AvgIpc) is 3.20. The van der Waals surface area contributed by atoms with E-state index in [2.05, 4.69) is 28.6 Å². The number of carboxylic acid groups (broad SMARTS) is 1. The van der Waals surface area contributed by atoms with Crippen LogP contribution in [0.4, 0.5) is 0 Å². The van der Waals surface area contributed by atoms with Gasteiger partial charge in [0.2, 0.25) is 5.91 Å². The van der Waals surface area contributed by atoms with Crippen molar-refractivity contribution in [3.05, 3.63) is 53.2 Å². The van der Waals surface area contributed by atoms with Crippen molar-refractivity contribution >= 4 is 34.6 Å². The molecule has 0 saturated carbocycles. The third-order valence-electron chi connectivity index (χ3n) is 6.38. The molecule has 0 aromatic heterocycles. The smallest absolute Gasteiger partial charge is 0.543 e. The minimum atomic E-state index is -1.32. The van der Waals surface area contributed by atoms with Crippen LogP contribution in [0.15, 0.2) is 52.6 Å². The number of hydrogen-bond acceptors (Lipinski definition) is 6. The molecule has 3 unspecified atom stereocenters. The van der Waals surface area contributed by atoms with Gasteiger partial charge in [-0.25, -0.2) is 4.31 Å². The number of amides is 1. The Bertz CT molecular complexity index is 1090. The Labute approximate surface area is 201 Å². The summed E-state index contributed by atoms with van der Waals surface area (Å²) in [5, 5.41) is 24.2. The summed E-state index contributed by atoms with van der Waals surface area (Å²) in [6, 6.07) is 12.2. The van der Waals surface area contributed by atoms with Gasteiger partial charge in [0.05, 0.1) is 29.7 Å². The Hall–Kier alpha value is -1.35. The van der Waals surface area contributed by atoms with Gasteiger partial charge in [0.15, 0.2) is 0 Å². The van der Waals surface area contributed by atoms with Crippen LogP contribution >= 0.6 is 11.9 Å². The zero-order chi connectivity index (χ0) is 20.4. The van der Waals surface area contributed by atoms with Crippen molar-refractivity contribution < 1.29 is 49.4 Å². The van der Waals surface area contributed by atoms with Crippen molar-refractivity contribution in [2.45, 2.75) is 37.4 Å². The van der Waals surface area contributed by atoms with Crippen LogP contribution in [0.25, 0.3) is 10.8 Å². The predicted octanol–water partition coefficient (Wildman–Crippen LogP) is -1.47. The van der Waals surface area contributed by atoms with Gasteiger partial charge >= 0.3 is 29.6 Å². The van der Waals surface area contributed by atoms with E-state index >= 15 is 0 Å². The monoisotopic (exact) mass is 432 g/mol. The molecule has 3 aliphatic rings. The van der Waals surface area contributed by atoms with Gasteiger partial charge in [0, 0.05) is 23.9 Å². The fraction of sp³-hybridized carbons (Fsp3) is 0.364. The van der Waals surface area contributed by atoms with Crippen LogP contribution in [0.2, 0.25) is 0 Å². The Morgan fingerprint density at radius 1 is 1.30 bits per heavy atom. The van der Waals surface area contributed by atoms with Crippen molar-refractivity contribution in [3.63, 3.8) is 0 Å². The topological polar surface area (TPSA) is 83.9 Å². The molecule has 2 aromatic rings. The molecule has 0 radical (unpaired) electrons. The standard InChI is InChI=1S/C22H22N2O4S.Na/c1-11-16(19(22(27)28)24-18(11)17(12(2)25)21(24)26)10-23-9-14-8-7-13-5-3-4-6-15(13)20(14)29-23;/h3-8,11-12,17-18,25H,9-10H2,1-2H3,(H,27,28);/q;+1/p-1/t11-,12?,17?,18?;/m0./s1. The first-order valence-corrected chi connectivity index (χ1v) is 10.5. The van der Waals surface area contributed by atoms with Gasteiger partial charge in [-0.3, -0.25) is 4.79 Å². The van der Waals surface area contributed by atoms with Gasteiger partial charge in [0.1, 0.15) is 0 Å². The number of benzene rings is 2. The third kappa shape index (κ3) is 3.15. The van der Waals surface area contributed by atoms with Crippen molar-refractivity contribution in [2.75, 3.05) is 6.54 Å². The number of aliphatic hydroxyl groups excluding tert-OH is 1. The van der Waals surface area contributed by atoms with E-state index in [1.54, 1.807) is 18.9 Å². The zero-order valence-electron chi connectivity index (χ0n) is 17.2. The molecule has 30 heavy (non-hydrogen) atoms. The SMILES string of the molecule is CC(O)C1C(=O)N2C(C(=O)[O-])=C(CN3Cc4ccc5ccccc5c4S3)[C@H](C)C12.[Na+]. The van der Waals surface area contributed by atoms with Crippen molar-refractivity contribution in [1.29, 1.82) is 0 Å². The van der Waals surface area contributed by atoms with E-state index in [0.717, 1.165) is 0 Å². The molecule has 1 amide bonds. The van der Waals surface area contributed by atoms with E-state index in [1.807, 2.05) is 19.1 Å². The number of carboxylic acids is 1. The Balaban J connectivity index is 0.00000218. The molecule has 1 fully saturated rings. The molecule has 2 aromatic carbocycles. The molecule has 4 atom stereocenters. The molecule has 5 rings (SSSR count). The molecule has 3 heterocycles. The number of fused-ring (bicyclic) bond motifs is 4. The Morgan fingerprint density at radius 2 is 2.03 bits per heavy atom. The molecule has 6 nitrogen and oxygen atoms in total. The minimum absolute atomic E-state index is 0. The first-order chi connectivity index (χ1) is 13.9. The van der Waals surface area contributed by atoms with Crippen molar-refractivity contribution in [2.24, 2.45) is 11.8 Å². The van der Waals surface area contributed by atoms with Crippen LogP contribution < -0.4 is 34.7 Å². The van der Waals surface area contributed by atoms with E-state index in [9.17, 15) is 19.8 Å². The predicted molar refractivity (Wildman–Crippen MR) is 107 cm³/mol. The van der Waals surface area contributed by atoms with Crippen molar-refractivity contribution in [1.82, 2.24) is 9.21 Å².